The summed E-state index contributed by atoms with van der Waals surface area (Å²) in [7, 11) is 0. The van der Waals surface area contributed by atoms with Gasteiger partial charge in [0.05, 0.1) is 9.99 Å². The first-order valence-electron chi connectivity index (χ1n) is 5.57. The summed E-state index contributed by atoms with van der Waals surface area (Å²) >= 11 is 3.23. The van der Waals surface area contributed by atoms with Crippen molar-refractivity contribution in [2.75, 3.05) is 0 Å². The van der Waals surface area contributed by atoms with Crippen LogP contribution < -0.4 is 4.74 Å². The van der Waals surface area contributed by atoms with E-state index < -0.39 is 0 Å². The predicted molar refractivity (Wildman–Crippen MR) is 73.7 cm³/mol. The minimum Gasteiger partial charge on any atom is -0.423 e. The summed E-state index contributed by atoms with van der Waals surface area (Å²) in [5, 5.41) is 0.938. The SMILES string of the molecule is Fc1ccc(Oc2ncc3ccccc3n2)c(Br)c1. The number of halogens is 2. The second kappa shape index (κ2) is 4.93. The molecule has 1 aromatic heterocycles. The molecule has 0 saturated heterocycles. The first kappa shape index (κ1) is 12.0. The standard InChI is InChI=1S/C14H8BrFN2O/c15-11-7-10(16)5-6-13(11)19-14-17-8-9-3-1-2-4-12(9)18-14/h1-8H. The fraction of sp³-hybridized carbons (Fsp3) is 0. The van der Waals surface area contributed by atoms with Crippen LogP contribution in [-0.2, 0) is 0 Å². The van der Waals surface area contributed by atoms with Gasteiger partial charge in [-0.1, -0.05) is 18.2 Å². The van der Waals surface area contributed by atoms with Crippen LogP contribution in [-0.4, -0.2) is 9.97 Å². The maximum atomic E-state index is 13.0. The average Bonchev–Trinajstić information content (AvgIpc) is 2.42. The largest absolute Gasteiger partial charge is 0.423 e. The van der Waals surface area contributed by atoms with E-state index in [1.54, 1.807) is 6.20 Å². The fourth-order valence-electron chi connectivity index (χ4n) is 1.66. The molecule has 0 aliphatic heterocycles. The normalized spacial score (nSPS) is 10.6. The first-order chi connectivity index (χ1) is 9.22. The molecule has 0 amide bonds. The number of ether oxygens (including phenoxy) is 1. The third-order valence-electron chi connectivity index (χ3n) is 2.56. The molecule has 0 fully saturated rings. The van der Waals surface area contributed by atoms with Crippen molar-refractivity contribution >= 4 is 26.8 Å². The molecular formula is C14H8BrFN2O. The average molecular weight is 319 g/mol. The Labute approximate surface area is 117 Å². The maximum absolute atomic E-state index is 13.0. The van der Waals surface area contributed by atoms with Crippen molar-refractivity contribution in [2.24, 2.45) is 0 Å². The molecule has 0 N–H and O–H groups in total. The Balaban J connectivity index is 1.96. The molecule has 3 aromatic rings. The zero-order chi connectivity index (χ0) is 13.2. The van der Waals surface area contributed by atoms with E-state index in [1.807, 2.05) is 24.3 Å². The highest BCUT2D eigenvalue weighted by Gasteiger charge is 2.06. The van der Waals surface area contributed by atoms with Crippen LogP contribution in [0.1, 0.15) is 0 Å². The third-order valence-corrected chi connectivity index (χ3v) is 3.18. The highest BCUT2D eigenvalue weighted by molar-refractivity contribution is 9.10. The van der Waals surface area contributed by atoms with Gasteiger partial charge >= 0.3 is 6.01 Å². The lowest BCUT2D eigenvalue weighted by atomic mass is 10.2. The Morgan fingerprint density at radius 2 is 1.95 bits per heavy atom. The molecular weight excluding hydrogens is 311 g/mol. The lowest BCUT2D eigenvalue weighted by Crippen LogP contribution is -1.93. The molecule has 19 heavy (non-hydrogen) atoms. The molecule has 0 aliphatic carbocycles. The summed E-state index contributed by atoms with van der Waals surface area (Å²) < 4.78 is 19.0. The third kappa shape index (κ3) is 2.56. The number of fused-ring (bicyclic) bond motifs is 1. The molecule has 0 unspecified atom stereocenters. The lowest BCUT2D eigenvalue weighted by Gasteiger charge is -2.06. The molecule has 0 saturated carbocycles. The molecule has 0 bridgehead atoms. The van der Waals surface area contributed by atoms with E-state index in [0.717, 1.165) is 10.9 Å². The Bertz CT molecular complexity index is 748. The summed E-state index contributed by atoms with van der Waals surface area (Å²) in [4.78, 5) is 8.40. The van der Waals surface area contributed by atoms with Crippen LogP contribution in [0.5, 0.6) is 11.8 Å². The topological polar surface area (TPSA) is 35.0 Å². The van der Waals surface area contributed by atoms with E-state index >= 15 is 0 Å². The monoisotopic (exact) mass is 318 g/mol. The summed E-state index contributed by atoms with van der Waals surface area (Å²) in [5.74, 6) is 0.135. The highest BCUT2D eigenvalue weighted by Crippen LogP contribution is 2.29. The van der Waals surface area contributed by atoms with E-state index in [2.05, 4.69) is 25.9 Å². The Kier molecular flexibility index (Phi) is 3.13. The van der Waals surface area contributed by atoms with Crippen molar-refractivity contribution in [3.05, 3.63) is 59.0 Å². The van der Waals surface area contributed by atoms with Gasteiger partial charge < -0.3 is 4.74 Å². The van der Waals surface area contributed by atoms with Gasteiger partial charge in [-0.3, -0.25) is 0 Å². The minimum absolute atomic E-state index is 0.228. The molecule has 0 aliphatic rings. The molecule has 1 heterocycles. The summed E-state index contributed by atoms with van der Waals surface area (Å²) in [5.41, 5.74) is 0.797. The molecule has 3 nitrogen and oxygen atoms in total. The quantitative estimate of drug-likeness (QED) is 0.705. The maximum Gasteiger partial charge on any atom is 0.322 e. The number of hydrogen-bond donors (Lipinski definition) is 0. The van der Waals surface area contributed by atoms with Gasteiger partial charge in [0.2, 0.25) is 0 Å². The van der Waals surface area contributed by atoms with E-state index in [-0.39, 0.29) is 11.8 Å². The van der Waals surface area contributed by atoms with Gasteiger partial charge in [0, 0.05) is 11.6 Å². The van der Waals surface area contributed by atoms with Gasteiger partial charge in [0.15, 0.2) is 0 Å². The number of benzene rings is 2. The second-order valence-electron chi connectivity index (χ2n) is 3.89. The molecule has 2 aromatic carbocycles. The van der Waals surface area contributed by atoms with Crippen molar-refractivity contribution in [3.8, 4) is 11.8 Å². The number of hydrogen-bond acceptors (Lipinski definition) is 3. The predicted octanol–water partition coefficient (Wildman–Crippen LogP) is 4.32. The van der Waals surface area contributed by atoms with Gasteiger partial charge in [0.1, 0.15) is 11.6 Å². The van der Waals surface area contributed by atoms with E-state index in [4.69, 9.17) is 4.74 Å². The van der Waals surface area contributed by atoms with E-state index in [0.29, 0.717) is 10.2 Å². The Hall–Kier alpha value is -2.01. The van der Waals surface area contributed by atoms with Crippen molar-refractivity contribution in [2.45, 2.75) is 0 Å². The van der Waals surface area contributed by atoms with Gasteiger partial charge in [0.25, 0.3) is 0 Å². The first-order valence-corrected chi connectivity index (χ1v) is 6.36. The zero-order valence-electron chi connectivity index (χ0n) is 9.68. The Morgan fingerprint density at radius 3 is 2.79 bits per heavy atom. The number of nitrogens with zero attached hydrogens (tertiary/aromatic N) is 2. The van der Waals surface area contributed by atoms with Crippen molar-refractivity contribution < 1.29 is 9.13 Å². The minimum atomic E-state index is -0.335. The van der Waals surface area contributed by atoms with Crippen LogP contribution >= 0.6 is 15.9 Å². The molecule has 94 valence electrons. The lowest BCUT2D eigenvalue weighted by molar-refractivity contribution is 0.440. The number of rotatable bonds is 2. The van der Waals surface area contributed by atoms with Gasteiger partial charge in [-0.2, -0.15) is 4.98 Å². The zero-order valence-corrected chi connectivity index (χ0v) is 11.3. The molecule has 0 spiro atoms. The van der Waals surface area contributed by atoms with Crippen LogP contribution in [0.4, 0.5) is 4.39 Å². The summed E-state index contributed by atoms with van der Waals surface area (Å²) in [6.07, 6.45) is 1.69. The molecule has 0 atom stereocenters. The van der Waals surface area contributed by atoms with Gasteiger partial charge in [-0.05, 0) is 40.2 Å². The fourth-order valence-corrected chi connectivity index (χ4v) is 2.09. The van der Waals surface area contributed by atoms with Gasteiger partial charge in [-0.25, -0.2) is 9.37 Å². The summed E-state index contributed by atoms with van der Waals surface area (Å²) in [6, 6.07) is 12.0. The molecule has 0 radical (unpaired) electrons. The molecule has 3 rings (SSSR count). The van der Waals surface area contributed by atoms with Crippen LogP contribution in [0.25, 0.3) is 10.9 Å². The van der Waals surface area contributed by atoms with Crippen molar-refractivity contribution in [1.29, 1.82) is 0 Å². The Morgan fingerprint density at radius 1 is 1.11 bits per heavy atom. The number of aromatic nitrogens is 2. The van der Waals surface area contributed by atoms with Gasteiger partial charge in [-0.15, -0.1) is 0 Å². The van der Waals surface area contributed by atoms with Crippen LogP contribution in [0, 0.1) is 5.82 Å². The van der Waals surface area contributed by atoms with E-state index in [9.17, 15) is 4.39 Å². The summed E-state index contributed by atoms with van der Waals surface area (Å²) in [6.45, 7) is 0. The molecule has 5 heteroatoms. The van der Waals surface area contributed by atoms with Crippen molar-refractivity contribution in [1.82, 2.24) is 9.97 Å². The van der Waals surface area contributed by atoms with E-state index in [1.165, 1.54) is 18.2 Å². The second-order valence-corrected chi connectivity index (χ2v) is 4.74. The highest BCUT2D eigenvalue weighted by atomic mass is 79.9. The smallest absolute Gasteiger partial charge is 0.322 e. The van der Waals surface area contributed by atoms with Crippen molar-refractivity contribution in [3.63, 3.8) is 0 Å². The van der Waals surface area contributed by atoms with Crippen LogP contribution in [0.15, 0.2) is 53.1 Å². The number of para-hydroxylation sites is 1. The van der Waals surface area contributed by atoms with Crippen LogP contribution in [0.3, 0.4) is 0 Å². The van der Waals surface area contributed by atoms with Crippen LogP contribution in [0.2, 0.25) is 0 Å².